The topological polar surface area (TPSA) is 17.1 Å². The molecule has 0 heterocycles. The molecule has 0 bridgehead atoms. The Labute approximate surface area is 127 Å². The molecule has 2 aromatic rings. The highest BCUT2D eigenvalue weighted by molar-refractivity contribution is 5.89. The van der Waals surface area contributed by atoms with Crippen LogP contribution in [-0.2, 0) is 17.6 Å². The van der Waals surface area contributed by atoms with E-state index in [0.29, 0.717) is 6.42 Å². The number of carbonyl (C=O) groups is 1. The van der Waals surface area contributed by atoms with E-state index >= 15 is 0 Å². The lowest BCUT2D eigenvalue weighted by molar-refractivity contribution is -0.114. The van der Waals surface area contributed by atoms with Crippen LogP contribution in [0, 0.1) is 6.92 Å². The van der Waals surface area contributed by atoms with E-state index in [0.717, 1.165) is 19.3 Å². The molecule has 0 N–H and O–H groups in total. The minimum Gasteiger partial charge on any atom is -0.295 e. The van der Waals surface area contributed by atoms with Gasteiger partial charge in [0.25, 0.3) is 0 Å². The van der Waals surface area contributed by atoms with Crippen molar-refractivity contribution in [3.8, 4) is 0 Å². The fourth-order valence-electron chi connectivity index (χ4n) is 2.22. The van der Waals surface area contributed by atoms with E-state index in [-0.39, 0.29) is 5.78 Å². The average molecular weight is 278 g/mol. The molecule has 0 aliphatic rings. The van der Waals surface area contributed by atoms with Gasteiger partial charge in [0.05, 0.1) is 0 Å². The Morgan fingerprint density at radius 2 is 1.57 bits per heavy atom. The van der Waals surface area contributed by atoms with Crippen LogP contribution >= 0.6 is 0 Å². The van der Waals surface area contributed by atoms with Crippen LogP contribution in [0.4, 0.5) is 0 Å². The average Bonchev–Trinajstić information content (AvgIpc) is 2.52. The molecule has 0 amide bonds. The van der Waals surface area contributed by atoms with Gasteiger partial charge in [-0.1, -0.05) is 66.2 Å². The number of ketones is 1. The van der Waals surface area contributed by atoms with E-state index in [2.05, 4.69) is 43.3 Å². The van der Waals surface area contributed by atoms with Gasteiger partial charge in [-0.05, 0) is 43.4 Å². The molecule has 0 fully saturated rings. The number of hydrogen-bond donors (Lipinski definition) is 0. The first kappa shape index (κ1) is 15.2. The minimum absolute atomic E-state index is 0.212. The van der Waals surface area contributed by atoms with Gasteiger partial charge in [0.1, 0.15) is 0 Å². The molecule has 0 saturated carbocycles. The Balaban J connectivity index is 1.69. The second-order valence-electron chi connectivity index (χ2n) is 5.38. The van der Waals surface area contributed by atoms with Crippen LogP contribution < -0.4 is 0 Å². The molecule has 0 atom stereocenters. The largest absolute Gasteiger partial charge is 0.295 e. The fraction of sp³-hybridized carbons (Fsp3) is 0.250. The van der Waals surface area contributed by atoms with Crippen LogP contribution in [0.2, 0.25) is 0 Å². The van der Waals surface area contributed by atoms with Crippen molar-refractivity contribution in [1.82, 2.24) is 0 Å². The normalized spacial score (nSPS) is 10.9. The highest BCUT2D eigenvalue weighted by Gasteiger charge is 1.98. The zero-order chi connectivity index (χ0) is 14.9. The van der Waals surface area contributed by atoms with Crippen LogP contribution in [0.1, 0.15) is 29.5 Å². The molecule has 0 aromatic heterocycles. The molecule has 0 spiro atoms. The van der Waals surface area contributed by atoms with E-state index < -0.39 is 0 Å². The van der Waals surface area contributed by atoms with Gasteiger partial charge in [-0.2, -0.15) is 0 Å². The van der Waals surface area contributed by atoms with Gasteiger partial charge in [0, 0.05) is 6.42 Å². The van der Waals surface area contributed by atoms with Crippen molar-refractivity contribution in [3.63, 3.8) is 0 Å². The summed E-state index contributed by atoms with van der Waals surface area (Å²) in [6, 6.07) is 18.7. The molecule has 0 saturated heterocycles. The van der Waals surface area contributed by atoms with Gasteiger partial charge in [0.15, 0.2) is 5.78 Å². The molecule has 1 nitrogen and oxygen atoms in total. The summed E-state index contributed by atoms with van der Waals surface area (Å²) in [5.41, 5.74) is 3.80. The highest BCUT2D eigenvalue weighted by atomic mass is 16.1. The van der Waals surface area contributed by atoms with E-state index in [9.17, 15) is 4.79 Å². The van der Waals surface area contributed by atoms with Gasteiger partial charge in [0.2, 0.25) is 0 Å². The zero-order valence-corrected chi connectivity index (χ0v) is 12.6. The maximum absolute atomic E-state index is 11.8. The molecular formula is C20H22O. The minimum atomic E-state index is 0.212. The van der Waals surface area contributed by atoms with Crippen LogP contribution in [0.5, 0.6) is 0 Å². The number of hydrogen-bond acceptors (Lipinski definition) is 1. The second-order valence-corrected chi connectivity index (χ2v) is 5.38. The van der Waals surface area contributed by atoms with Gasteiger partial charge in [-0.15, -0.1) is 0 Å². The first-order chi connectivity index (χ1) is 10.2. The van der Waals surface area contributed by atoms with E-state index in [4.69, 9.17) is 0 Å². The fourth-order valence-corrected chi connectivity index (χ4v) is 2.22. The summed E-state index contributed by atoms with van der Waals surface area (Å²) in [6.45, 7) is 2.07. The Bertz CT molecular complexity index is 579. The predicted octanol–water partition coefficient (Wildman–Crippen LogP) is 4.69. The lowest BCUT2D eigenvalue weighted by Crippen LogP contribution is -1.96. The monoisotopic (exact) mass is 278 g/mol. The molecule has 108 valence electrons. The van der Waals surface area contributed by atoms with Crippen LogP contribution in [0.25, 0.3) is 0 Å². The van der Waals surface area contributed by atoms with E-state index in [1.807, 2.05) is 24.3 Å². The van der Waals surface area contributed by atoms with Crippen molar-refractivity contribution in [2.24, 2.45) is 0 Å². The standard InChI is InChI=1S/C20H22O/c1-17-11-13-19(14-12-17)15-16-20(21)10-6-5-9-18-7-3-2-4-8-18/h2-4,6-8,10-14H,5,9,15-16H2,1H3/b10-6+. The number of rotatable bonds is 7. The van der Waals surface area contributed by atoms with Gasteiger partial charge in [-0.3, -0.25) is 4.79 Å². The molecule has 0 aliphatic carbocycles. The Morgan fingerprint density at radius 1 is 0.905 bits per heavy atom. The van der Waals surface area contributed by atoms with Crippen LogP contribution in [-0.4, -0.2) is 5.78 Å². The number of benzene rings is 2. The third-order valence-electron chi connectivity index (χ3n) is 3.53. The van der Waals surface area contributed by atoms with Crippen molar-refractivity contribution in [2.45, 2.75) is 32.6 Å². The molecular weight excluding hydrogens is 256 g/mol. The molecule has 21 heavy (non-hydrogen) atoms. The molecule has 0 radical (unpaired) electrons. The zero-order valence-electron chi connectivity index (χ0n) is 12.6. The maximum Gasteiger partial charge on any atom is 0.155 e. The Morgan fingerprint density at radius 3 is 2.29 bits per heavy atom. The van der Waals surface area contributed by atoms with Gasteiger partial charge >= 0.3 is 0 Å². The van der Waals surface area contributed by atoms with Crippen LogP contribution in [0.15, 0.2) is 66.7 Å². The molecule has 2 rings (SSSR count). The van der Waals surface area contributed by atoms with E-state index in [1.165, 1.54) is 16.7 Å². The summed E-state index contributed by atoms with van der Waals surface area (Å²) in [5, 5.41) is 0. The third kappa shape index (κ3) is 5.78. The van der Waals surface area contributed by atoms with E-state index in [1.54, 1.807) is 6.08 Å². The highest BCUT2D eigenvalue weighted by Crippen LogP contribution is 2.07. The van der Waals surface area contributed by atoms with Crippen molar-refractivity contribution in [2.75, 3.05) is 0 Å². The molecule has 1 heteroatoms. The SMILES string of the molecule is Cc1ccc(CCC(=O)/C=C/CCc2ccccc2)cc1. The first-order valence-electron chi connectivity index (χ1n) is 7.53. The number of carbonyl (C=O) groups excluding carboxylic acids is 1. The maximum atomic E-state index is 11.8. The quantitative estimate of drug-likeness (QED) is 0.672. The second kappa shape index (κ2) is 8.21. The summed E-state index contributed by atoms with van der Waals surface area (Å²) in [7, 11) is 0. The van der Waals surface area contributed by atoms with Crippen molar-refractivity contribution >= 4 is 5.78 Å². The Hall–Kier alpha value is -2.15. The first-order valence-corrected chi connectivity index (χ1v) is 7.53. The van der Waals surface area contributed by atoms with Crippen LogP contribution in [0.3, 0.4) is 0 Å². The number of aryl methyl sites for hydroxylation is 3. The third-order valence-corrected chi connectivity index (χ3v) is 3.53. The summed E-state index contributed by atoms with van der Waals surface area (Å²) >= 11 is 0. The molecule has 2 aromatic carbocycles. The van der Waals surface area contributed by atoms with Crippen molar-refractivity contribution in [3.05, 3.63) is 83.4 Å². The summed E-state index contributed by atoms with van der Waals surface area (Å²) < 4.78 is 0. The summed E-state index contributed by atoms with van der Waals surface area (Å²) in [6.07, 6.45) is 7.04. The Kier molecular flexibility index (Phi) is 5.96. The molecule has 0 unspecified atom stereocenters. The van der Waals surface area contributed by atoms with Crippen molar-refractivity contribution < 1.29 is 4.79 Å². The molecule has 0 aliphatic heterocycles. The van der Waals surface area contributed by atoms with Gasteiger partial charge in [-0.25, -0.2) is 0 Å². The lowest BCUT2D eigenvalue weighted by Gasteiger charge is -2.00. The van der Waals surface area contributed by atoms with Gasteiger partial charge < -0.3 is 0 Å². The number of allylic oxidation sites excluding steroid dienone is 2. The smallest absolute Gasteiger partial charge is 0.155 e. The lowest BCUT2D eigenvalue weighted by atomic mass is 10.1. The van der Waals surface area contributed by atoms with Crippen molar-refractivity contribution in [1.29, 1.82) is 0 Å². The predicted molar refractivity (Wildman–Crippen MR) is 88.4 cm³/mol. The summed E-state index contributed by atoms with van der Waals surface area (Å²) in [5.74, 6) is 0.212. The summed E-state index contributed by atoms with van der Waals surface area (Å²) in [4.78, 5) is 11.8.